The lowest BCUT2D eigenvalue weighted by Crippen LogP contribution is -2.38. The fourth-order valence-corrected chi connectivity index (χ4v) is 4.76. The van der Waals surface area contributed by atoms with Crippen molar-refractivity contribution in [3.8, 4) is 0 Å². The van der Waals surface area contributed by atoms with Crippen LogP contribution in [-0.2, 0) is 4.79 Å². The van der Waals surface area contributed by atoms with Crippen molar-refractivity contribution in [2.75, 3.05) is 0 Å². The first-order chi connectivity index (χ1) is 10.4. The first-order valence-corrected chi connectivity index (χ1v) is 8.90. The summed E-state index contributed by atoms with van der Waals surface area (Å²) in [5.74, 6) is 1.03. The highest BCUT2D eigenvalue weighted by Gasteiger charge is 2.73. The van der Waals surface area contributed by atoms with Crippen LogP contribution in [0.25, 0.3) is 0 Å². The second kappa shape index (κ2) is 5.84. The van der Waals surface area contributed by atoms with Gasteiger partial charge >= 0.3 is 0 Å². The molecule has 0 aromatic carbocycles. The average Bonchev–Trinajstić information content (AvgIpc) is 2.77. The quantitative estimate of drug-likeness (QED) is 0.677. The standard InChI is InChI=1S/C20H33NO2/c1-13(8-7-10-18(3,4)23)9-11-20(14(2)22)16(21)12-15-17(20)19(15,5)6/h9,15,17,21,23H,7-8,10-12H2,1-6H3/b13-9-,21-16?/t15-,17-,20+/m1/s1. The van der Waals surface area contributed by atoms with Crippen molar-refractivity contribution in [2.45, 2.75) is 79.2 Å². The highest BCUT2D eigenvalue weighted by atomic mass is 16.3. The minimum Gasteiger partial charge on any atom is -0.390 e. The van der Waals surface area contributed by atoms with E-state index in [1.54, 1.807) is 6.92 Å². The molecule has 0 radical (unpaired) electrons. The summed E-state index contributed by atoms with van der Waals surface area (Å²) in [6.07, 6.45) is 6.33. The average molecular weight is 319 g/mol. The highest BCUT2D eigenvalue weighted by Crippen LogP contribution is 2.73. The van der Waals surface area contributed by atoms with Gasteiger partial charge in [0.25, 0.3) is 0 Å². The molecular weight excluding hydrogens is 286 g/mol. The minimum absolute atomic E-state index is 0.168. The van der Waals surface area contributed by atoms with E-state index in [0.717, 1.165) is 25.7 Å². The lowest BCUT2D eigenvalue weighted by Gasteiger charge is -2.31. The van der Waals surface area contributed by atoms with Crippen molar-refractivity contribution in [3.05, 3.63) is 11.6 Å². The molecule has 0 aromatic rings. The Kier molecular flexibility index (Phi) is 4.67. The molecule has 0 unspecified atom stereocenters. The predicted molar refractivity (Wildman–Crippen MR) is 94.7 cm³/mol. The Morgan fingerprint density at radius 3 is 2.48 bits per heavy atom. The number of allylic oxidation sites excluding steroid dienone is 2. The van der Waals surface area contributed by atoms with E-state index in [-0.39, 0.29) is 11.2 Å². The smallest absolute Gasteiger partial charge is 0.142 e. The SMILES string of the molecule is CC(=O)[C@@]1(C/C=C(/C)CCCC(C)(C)O)C(=N)C[C@@H]2[C@@H]1C2(C)C. The van der Waals surface area contributed by atoms with Gasteiger partial charge in [-0.3, -0.25) is 4.79 Å². The zero-order valence-electron chi connectivity index (χ0n) is 15.6. The van der Waals surface area contributed by atoms with Crippen LogP contribution in [0.1, 0.15) is 73.6 Å². The maximum absolute atomic E-state index is 12.5. The Hall–Kier alpha value is -0.960. The molecule has 23 heavy (non-hydrogen) atoms. The van der Waals surface area contributed by atoms with Gasteiger partial charge in [0.1, 0.15) is 5.78 Å². The molecule has 0 aliphatic heterocycles. The summed E-state index contributed by atoms with van der Waals surface area (Å²) in [5, 5.41) is 18.2. The van der Waals surface area contributed by atoms with Crippen molar-refractivity contribution in [2.24, 2.45) is 22.7 Å². The molecule has 2 aliphatic carbocycles. The Morgan fingerprint density at radius 1 is 1.39 bits per heavy atom. The molecule has 0 amide bonds. The van der Waals surface area contributed by atoms with Gasteiger partial charge in [0.15, 0.2) is 0 Å². The van der Waals surface area contributed by atoms with Crippen molar-refractivity contribution < 1.29 is 9.90 Å². The van der Waals surface area contributed by atoms with E-state index < -0.39 is 11.0 Å². The van der Waals surface area contributed by atoms with Gasteiger partial charge in [-0.1, -0.05) is 25.5 Å². The van der Waals surface area contributed by atoms with Crippen molar-refractivity contribution in [1.82, 2.24) is 0 Å². The van der Waals surface area contributed by atoms with Gasteiger partial charge in [0, 0.05) is 5.71 Å². The van der Waals surface area contributed by atoms with Gasteiger partial charge in [0.2, 0.25) is 0 Å². The second-order valence-corrected chi connectivity index (χ2v) is 9.04. The number of hydrogen-bond donors (Lipinski definition) is 2. The monoisotopic (exact) mass is 319 g/mol. The Morgan fingerprint density at radius 2 is 2.00 bits per heavy atom. The molecule has 130 valence electrons. The van der Waals surface area contributed by atoms with Crippen LogP contribution < -0.4 is 0 Å². The maximum Gasteiger partial charge on any atom is 0.142 e. The first-order valence-electron chi connectivity index (χ1n) is 8.90. The Bertz CT molecular complexity index is 538. The second-order valence-electron chi connectivity index (χ2n) is 9.04. The van der Waals surface area contributed by atoms with Crippen LogP contribution in [0.2, 0.25) is 0 Å². The van der Waals surface area contributed by atoms with Crippen LogP contribution in [0, 0.1) is 28.1 Å². The maximum atomic E-state index is 12.5. The molecule has 2 aliphatic rings. The molecule has 2 rings (SSSR count). The normalized spacial score (nSPS) is 32.8. The Labute approximate surface area is 141 Å². The van der Waals surface area contributed by atoms with Gasteiger partial charge < -0.3 is 10.5 Å². The molecular formula is C20H33NO2. The van der Waals surface area contributed by atoms with Crippen LogP contribution in [0.5, 0.6) is 0 Å². The van der Waals surface area contributed by atoms with E-state index in [4.69, 9.17) is 5.41 Å². The lowest BCUT2D eigenvalue weighted by atomic mass is 9.70. The molecule has 0 aromatic heterocycles. The number of Topliss-reactive ketones (excluding diaryl/α,β-unsaturated/α-hetero) is 1. The fraction of sp³-hybridized carbons (Fsp3) is 0.800. The summed E-state index contributed by atoms with van der Waals surface area (Å²) >= 11 is 0. The molecule has 0 heterocycles. The molecule has 0 saturated heterocycles. The number of rotatable bonds is 7. The Balaban J connectivity index is 2.05. The van der Waals surface area contributed by atoms with E-state index in [1.165, 1.54) is 5.57 Å². The molecule has 3 heteroatoms. The first kappa shape index (κ1) is 18.4. The number of carbonyl (C=O) groups excluding carboxylic acids is 1. The van der Waals surface area contributed by atoms with Crippen molar-refractivity contribution >= 4 is 11.5 Å². The van der Waals surface area contributed by atoms with E-state index in [2.05, 4.69) is 26.8 Å². The zero-order valence-corrected chi connectivity index (χ0v) is 15.6. The summed E-state index contributed by atoms with van der Waals surface area (Å²) in [7, 11) is 0. The molecule has 3 atom stereocenters. The van der Waals surface area contributed by atoms with E-state index in [9.17, 15) is 9.90 Å². The third-order valence-corrected chi connectivity index (χ3v) is 6.30. The van der Waals surface area contributed by atoms with Gasteiger partial charge in [0.05, 0.1) is 11.0 Å². The van der Waals surface area contributed by atoms with Gasteiger partial charge in [-0.15, -0.1) is 0 Å². The number of nitrogens with one attached hydrogen (secondary N) is 1. The molecule has 2 fully saturated rings. The highest BCUT2D eigenvalue weighted by molar-refractivity contribution is 6.10. The molecule has 0 bridgehead atoms. The van der Waals surface area contributed by atoms with Crippen molar-refractivity contribution in [3.63, 3.8) is 0 Å². The van der Waals surface area contributed by atoms with E-state index in [1.807, 2.05) is 13.8 Å². The number of carbonyl (C=O) groups is 1. The summed E-state index contributed by atoms with van der Waals surface area (Å²) in [5.41, 5.74) is 0.967. The summed E-state index contributed by atoms with van der Waals surface area (Å²) < 4.78 is 0. The number of hydrogen-bond acceptors (Lipinski definition) is 3. The lowest BCUT2D eigenvalue weighted by molar-refractivity contribution is -0.124. The minimum atomic E-state index is -0.611. The van der Waals surface area contributed by atoms with Crippen molar-refractivity contribution in [1.29, 1.82) is 5.41 Å². The third-order valence-electron chi connectivity index (χ3n) is 6.30. The molecule has 2 N–H and O–H groups in total. The summed E-state index contributed by atoms with van der Waals surface area (Å²) in [4.78, 5) is 12.5. The van der Waals surface area contributed by atoms with Gasteiger partial charge in [-0.05, 0) is 77.0 Å². The third kappa shape index (κ3) is 3.31. The zero-order chi connectivity index (χ0) is 17.6. The topological polar surface area (TPSA) is 61.1 Å². The fourth-order valence-electron chi connectivity index (χ4n) is 4.76. The van der Waals surface area contributed by atoms with Crippen LogP contribution in [0.15, 0.2) is 11.6 Å². The number of fused-ring (bicyclic) bond motifs is 1. The molecule has 3 nitrogen and oxygen atoms in total. The van der Waals surface area contributed by atoms with Crippen LogP contribution >= 0.6 is 0 Å². The van der Waals surface area contributed by atoms with Crippen LogP contribution in [-0.4, -0.2) is 22.2 Å². The van der Waals surface area contributed by atoms with Crippen LogP contribution in [0.4, 0.5) is 0 Å². The van der Waals surface area contributed by atoms with Crippen LogP contribution in [0.3, 0.4) is 0 Å². The number of ketones is 1. The molecule has 0 spiro atoms. The predicted octanol–water partition coefficient (Wildman–Crippen LogP) is 4.54. The van der Waals surface area contributed by atoms with E-state index >= 15 is 0 Å². The molecule has 2 saturated carbocycles. The number of aliphatic hydroxyl groups is 1. The summed E-state index contributed by atoms with van der Waals surface area (Å²) in [6, 6.07) is 0. The largest absolute Gasteiger partial charge is 0.390 e. The summed E-state index contributed by atoms with van der Waals surface area (Å²) in [6.45, 7) is 11.9. The van der Waals surface area contributed by atoms with Gasteiger partial charge in [-0.2, -0.15) is 0 Å². The van der Waals surface area contributed by atoms with E-state index in [0.29, 0.717) is 24.0 Å². The van der Waals surface area contributed by atoms with Gasteiger partial charge in [-0.25, -0.2) is 0 Å².